The lowest BCUT2D eigenvalue weighted by Crippen LogP contribution is -2.40. The van der Waals surface area contributed by atoms with Crippen LogP contribution in [0.25, 0.3) is 0 Å². The molecule has 3 N–H and O–H groups in total. The Labute approximate surface area is 81.5 Å². The number of aliphatic hydroxyl groups is 1. The normalized spacial score (nSPS) is 23.8. The summed E-state index contributed by atoms with van der Waals surface area (Å²) in [4.78, 5) is 0. The van der Waals surface area contributed by atoms with Gasteiger partial charge in [-0.15, -0.1) is 0 Å². The number of hydrogen-bond donors (Lipinski definition) is 2. The Hall–Kier alpha value is -0.0800. The average molecular weight is 185 g/mol. The second-order valence-electron chi connectivity index (χ2n) is 4.92. The highest BCUT2D eigenvalue weighted by atomic mass is 16.3. The molecule has 0 radical (unpaired) electrons. The fraction of sp³-hybridized carbons (Fsp3) is 1.00. The standard InChI is InChI=1S/C11H23NO/c1-9(2)7-10(13)11(8-12)5-3-4-6-11/h9-10,13H,3-8,12H2,1-2H3. The number of nitrogens with two attached hydrogens (primary N) is 1. The maximum absolute atomic E-state index is 10.1. The Kier molecular flexibility index (Phi) is 3.74. The number of hydrogen-bond acceptors (Lipinski definition) is 2. The van der Waals surface area contributed by atoms with E-state index in [1.165, 1.54) is 12.8 Å². The van der Waals surface area contributed by atoms with E-state index < -0.39 is 0 Å². The van der Waals surface area contributed by atoms with Crippen LogP contribution in [-0.4, -0.2) is 17.8 Å². The van der Waals surface area contributed by atoms with Gasteiger partial charge in [-0.25, -0.2) is 0 Å². The van der Waals surface area contributed by atoms with Gasteiger partial charge in [0.1, 0.15) is 0 Å². The SMILES string of the molecule is CC(C)CC(O)C1(CN)CCCC1. The van der Waals surface area contributed by atoms with Gasteiger partial charge in [0, 0.05) is 12.0 Å². The van der Waals surface area contributed by atoms with Crippen LogP contribution in [0.15, 0.2) is 0 Å². The molecule has 0 saturated heterocycles. The predicted octanol–water partition coefficient (Wildman–Crippen LogP) is 1.91. The Bertz CT molecular complexity index is 150. The van der Waals surface area contributed by atoms with Crippen molar-refractivity contribution in [3.8, 4) is 0 Å². The van der Waals surface area contributed by atoms with Gasteiger partial charge < -0.3 is 10.8 Å². The highest BCUT2D eigenvalue weighted by Gasteiger charge is 2.39. The molecule has 2 nitrogen and oxygen atoms in total. The van der Waals surface area contributed by atoms with E-state index in [9.17, 15) is 5.11 Å². The summed E-state index contributed by atoms with van der Waals surface area (Å²) in [6.07, 6.45) is 5.45. The minimum absolute atomic E-state index is 0.0598. The van der Waals surface area contributed by atoms with Gasteiger partial charge in [-0.05, 0) is 25.2 Å². The van der Waals surface area contributed by atoms with Crippen LogP contribution < -0.4 is 5.73 Å². The van der Waals surface area contributed by atoms with E-state index in [2.05, 4.69) is 13.8 Å². The molecule has 0 aliphatic heterocycles. The third-order valence-electron chi connectivity index (χ3n) is 3.41. The van der Waals surface area contributed by atoms with E-state index in [-0.39, 0.29) is 11.5 Å². The van der Waals surface area contributed by atoms with Crippen LogP contribution in [0, 0.1) is 11.3 Å². The summed E-state index contributed by atoms with van der Waals surface area (Å²) in [7, 11) is 0. The zero-order valence-corrected chi connectivity index (χ0v) is 8.92. The summed E-state index contributed by atoms with van der Waals surface area (Å²) in [5, 5.41) is 10.1. The van der Waals surface area contributed by atoms with Crippen molar-refractivity contribution in [3.63, 3.8) is 0 Å². The second kappa shape index (κ2) is 4.43. The molecule has 0 amide bonds. The van der Waals surface area contributed by atoms with Crippen molar-refractivity contribution >= 4 is 0 Å². The van der Waals surface area contributed by atoms with Crippen LogP contribution in [0.3, 0.4) is 0 Å². The molecule has 78 valence electrons. The predicted molar refractivity (Wildman–Crippen MR) is 55.4 cm³/mol. The molecular formula is C11H23NO. The van der Waals surface area contributed by atoms with E-state index in [0.717, 1.165) is 19.3 Å². The van der Waals surface area contributed by atoms with Crippen LogP contribution >= 0.6 is 0 Å². The minimum atomic E-state index is -0.181. The quantitative estimate of drug-likeness (QED) is 0.703. The maximum Gasteiger partial charge on any atom is 0.0610 e. The summed E-state index contributed by atoms with van der Waals surface area (Å²) in [5.41, 5.74) is 5.85. The average Bonchev–Trinajstić information content (AvgIpc) is 2.51. The first-order chi connectivity index (χ1) is 6.10. The van der Waals surface area contributed by atoms with E-state index >= 15 is 0 Å². The summed E-state index contributed by atoms with van der Waals surface area (Å²) >= 11 is 0. The lowest BCUT2D eigenvalue weighted by molar-refractivity contribution is 0.0190. The van der Waals surface area contributed by atoms with Crippen LogP contribution in [0.5, 0.6) is 0 Å². The lowest BCUT2D eigenvalue weighted by Gasteiger charge is -2.33. The first-order valence-corrected chi connectivity index (χ1v) is 5.49. The zero-order valence-electron chi connectivity index (χ0n) is 8.92. The lowest BCUT2D eigenvalue weighted by atomic mass is 9.77. The molecule has 0 aromatic heterocycles. The van der Waals surface area contributed by atoms with Crippen molar-refractivity contribution in [2.24, 2.45) is 17.1 Å². The monoisotopic (exact) mass is 185 g/mol. The van der Waals surface area contributed by atoms with Gasteiger partial charge in [-0.1, -0.05) is 26.7 Å². The molecule has 1 fully saturated rings. The summed E-state index contributed by atoms with van der Waals surface area (Å²) in [6.45, 7) is 4.96. The number of rotatable bonds is 4. The molecule has 1 unspecified atom stereocenters. The topological polar surface area (TPSA) is 46.2 Å². The molecule has 1 rings (SSSR count). The molecule has 0 aromatic rings. The first kappa shape index (κ1) is 11.0. The second-order valence-corrected chi connectivity index (χ2v) is 4.92. The Morgan fingerprint density at radius 1 is 1.31 bits per heavy atom. The van der Waals surface area contributed by atoms with Crippen molar-refractivity contribution < 1.29 is 5.11 Å². The van der Waals surface area contributed by atoms with Crippen molar-refractivity contribution in [3.05, 3.63) is 0 Å². The molecule has 2 heteroatoms. The third kappa shape index (κ3) is 2.44. The van der Waals surface area contributed by atoms with Gasteiger partial charge in [0.25, 0.3) is 0 Å². The van der Waals surface area contributed by atoms with Gasteiger partial charge in [-0.3, -0.25) is 0 Å². The highest BCUT2D eigenvalue weighted by molar-refractivity contribution is 4.91. The molecule has 1 aliphatic carbocycles. The molecule has 13 heavy (non-hydrogen) atoms. The van der Waals surface area contributed by atoms with Crippen LogP contribution in [0.1, 0.15) is 46.0 Å². The van der Waals surface area contributed by atoms with E-state index in [4.69, 9.17) is 5.73 Å². The van der Waals surface area contributed by atoms with Gasteiger partial charge >= 0.3 is 0 Å². The molecule has 1 atom stereocenters. The van der Waals surface area contributed by atoms with E-state index in [1.54, 1.807) is 0 Å². The molecule has 0 aromatic carbocycles. The van der Waals surface area contributed by atoms with Crippen molar-refractivity contribution in [1.29, 1.82) is 0 Å². The third-order valence-corrected chi connectivity index (χ3v) is 3.41. The van der Waals surface area contributed by atoms with E-state index in [0.29, 0.717) is 12.5 Å². The van der Waals surface area contributed by atoms with Crippen molar-refractivity contribution in [2.75, 3.05) is 6.54 Å². The first-order valence-electron chi connectivity index (χ1n) is 5.49. The molecular weight excluding hydrogens is 162 g/mol. The summed E-state index contributed by atoms with van der Waals surface area (Å²) in [6, 6.07) is 0. The van der Waals surface area contributed by atoms with Gasteiger partial charge in [-0.2, -0.15) is 0 Å². The van der Waals surface area contributed by atoms with Gasteiger partial charge in [0.15, 0.2) is 0 Å². The van der Waals surface area contributed by atoms with Crippen LogP contribution in [0.4, 0.5) is 0 Å². The van der Waals surface area contributed by atoms with Crippen LogP contribution in [0.2, 0.25) is 0 Å². The Morgan fingerprint density at radius 2 is 1.85 bits per heavy atom. The largest absolute Gasteiger partial charge is 0.392 e. The Morgan fingerprint density at radius 3 is 2.23 bits per heavy atom. The fourth-order valence-corrected chi connectivity index (χ4v) is 2.45. The summed E-state index contributed by atoms with van der Waals surface area (Å²) < 4.78 is 0. The smallest absolute Gasteiger partial charge is 0.0610 e. The molecule has 0 heterocycles. The fourth-order valence-electron chi connectivity index (χ4n) is 2.45. The zero-order chi connectivity index (χ0) is 9.90. The number of aliphatic hydroxyl groups excluding tert-OH is 1. The molecule has 0 bridgehead atoms. The molecule has 1 aliphatic rings. The van der Waals surface area contributed by atoms with Crippen LogP contribution in [-0.2, 0) is 0 Å². The molecule has 0 spiro atoms. The van der Waals surface area contributed by atoms with Gasteiger partial charge in [0.05, 0.1) is 6.10 Å². The summed E-state index contributed by atoms with van der Waals surface area (Å²) in [5.74, 6) is 0.569. The van der Waals surface area contributed by atoms with Crippen molar-refractivity contribution in [2.45, 2.75) is 52.1 Å². The van der Waals surface area contributed by atoms with Gasteiger partial charge in [0.2, 0.25) is 0 Å². The van der Waals surface area contributed by atoms with E-state index in [1.807, 2.05) is 0 Å². The molecule has 1 saturated carbocycles. The van der Waals surface area contributed by atoms with Crippen molar-refractivity contribution in [1.82, 2.24) is 0 Å². The minimum Gasteiger partial charge on any atom is -0.392 e. The highest BCUT2D eigenvalue weighted by Crippen LogP contribution is 2.41. The Balaban J connectivity index is 2.54. The maximum atomic E-state index is 10.1.